The van der Waals surface area contributed by atoms with Gasteiger partial charge in [-0.2, -0.15) is 0 Å². The van der Waals surface area contributed by atoms with Crippen LogP contribution in [0.4, 0.5) is 0 Å². The summed E-state index contributed by atoms with van der Waals surface area (Å²) in [5.74, 6) is -1.88. The molecule has 2 amide bonds. The van der Waals surface area contributed by atoms with Crippen LogP contribution in [0.5, 0.6) is 0 Å². The van der Waals surface area contributed by atoms with E-state index in [2.05, 4.69) is 23.8 Å². The Morgan fingerprint density at radius 1 is 0.927 bits per heavy atom. The number of esters is 1. The zero-order valence-corrected chi connectivity index (χ0v) is 23.8. The van der Waals surface area contributed by atoms with Crippen molar-refractivity contribution >= 4 is 17.8 Å². The van der Waals surface area contributed by atoms with Gasteiger partial charge < -0.3 is 25.2 Å². The molecule has 0 radical (unpaired) electrons. The molecule has 8 heteroatoms. The van der Waals surface area contributed by atoms with E-state index in [4.69, 9.17) is 14.6 Å². The van der Waals surface area contributed by atoms with Gasteiger partial charge in [0.1, 0.15) is 6.61 Å². The van der Waals surface area contributed by atoms with Gasteiger partial charge in [0.05, 0.1) is 37.7 Å². The maximum Gasteiger partial charge on any atom is 0.309 e. The second-order valence-corrected chi connectivity index (χ2v) is 9.82. The van der Waals surface area contributed by atoms with Gasteiger partial charge in [0.25, 0.3) is 0 Å². The van der Waals surface area contributed by atoms with Gasteiger partial charge in [-0.1, -0.05) is 72.8 Å². The second-order valence-electron chi connectivity index (χ2n) is 9.82. The molecule has 0 fully saturated rings. The number of benzene rings is 2. The molecule has 0 heterocycles. The summed E-state index contributed by atoms with van der Waals surface area (Å²) in [5.41, 5.74) is 1.86. The molecule has 0 aromatic heterocycles. The number of aliphatic hydroxyl groups is 1. The van der Waals surface area contributed by atoms with Crippen LogP contribution in [-0.2, 0) is 30.3 Å². The zero-order valence-electron chi connectivity index (χ0n) is 23.8. The normalized spacial score (nSPS) is 12.9. The van der Waals surface area contributed by atoms with Crippen molar-refractivity contribution in [2.75, 3.05) is 33.0 Å². The van der Waals surface area contributed by atoms with Crippen LogP contribution in [0.1, 0.15) is 49.3 Å². The number of ether oxygens (including phenoxy) is 2. The largest absolute Gasteiger partial charge is 0.463 e. The Labute approximate surface area is 243 Å². The molecule has 2 aromatic carbocycles. The van der Waals surface area contributed by atoms with Crippen molar-refractivity contribution in [1.82, 2.24) is 10.6 Å². The summed E-state index contributed by atoms with van der Waals surface area (Å²) in [7, 11) is 0. The van der Waals surface area contributed by atoms with Crippen molar-refractivity contribution < 1.29 is 29.0 Å². The Morgan fingerprint density at radius 3 is 2.29 bits per heavy atom. The SMILES string of the molecule is C=CCCC[C@H](Cc1ccccc1)C(=O)OC[C@H](NC(=O)[C@@H](CC=C)CC(=O)NCCOCCO)c1ccccc1. The minimum atomic E-state index is -0.641. The van der Waals surface area contributed by atoms with E-state index in [0.717, 1.165) is 24.0 Å². The maximum atomic E-state index is 13.3. The number of hydrogen-bond donors (Lipinski definition) is 3. The minimum Gasteiger partial charge on any atom is -0.463 e. The molecule has 0 spiro atoms. The third-order valence-corrected chi connectivity index (χ3v) is 6.59. The Bertz CT molecular complexity index is 1060. The number of rotatable bonds is 21. The lowest BCUT2D eigenvalue weighted by Gasteiger charge is -2.24. The smallest absolute Gasteiger partial charge is 0.309 e. The molecule has 0 aliphatic carbocycles. The molecule has 222 valence electrons. The molecule has 2 rings (SSSR count). The predicted molar refractivity (Wildman–Crippen MR) is 160 cm³/mol. The Kier molecular flexibility index (Phi) is 16.5. The van der Waals surface area contributed by atoms with E-state index >= 15 is 0 Å². The third kappa shape index (κ3) is 13.4. The van der Waals surface area contributed by atoms with E-state index in [1.165, 1.54) is 0 Å². The summed E-state index contributed by atoms with van der Waals surface area (Å²) in [4.78, 5) is 39.0. The highest BCUT2D eigenvalue weighted by Crippen LogP contribution is 2.21. The second kappa shape index (κ2) is 20.2. The number of amides is 2. The summed E-state index contributed by atoms with van der Waals surface area (Å²) in [6, 6.07) is 18.6. The minimum absolute atomic E-state index is 0.0262. The van der Waals surface area contributed by atoms with E-state index < -0.39 is 12.0 Å². The summed E-state index contributed by atoms with van der Waals surface area (Å²) >= 11 is 0. The van der Waals surface area contributed by atoms with E-state index in [9.17, 15) is 14.4 Å². The maximum absolute atomic E-state index is 13.3. The fourth-order valence-electron chi connectivity index (χ4n) is 4.40. The van der Waals surface area contributed by atoms with Crippen LogP contribution in [0.3, 0.4) is 0 Å². The molecule has 3 N–H and O–H groups in total. The molecule has 0 saturated heterocycles. The highest BCUT2D eigenvalue weighted by Gasteiger charge is 2.26. The molecule has 3 atom stereocenters. The highest BCUT2D eigenvalue weighted by molar-refractivity contribution is 5.86. The van der Waals surface area contributed by atoms with Gasteiger partial charge in [0.15, 0.2) is 0 Å². The highest BCUT2D eigenvalue weighted by atomic mass is 16.5. The van der Waals surface area contributed by atoms with Crippen LogP contribution < -0.4 is 10.6 Å². The third-order valence-electron chi connectivity index (χ3n) is 6.59. The number of aliphatic hydroxyl groups excluding tert-OH is 1. The number of unbranched alkanes of at least 4 members (excludes halogenated alkanes) is 1. The van der Waals surface area contributed by atoms with Crippen LogP contribution in [-0.4, -0.2) is 55.9 Å². The Morgan fingerprint density at radius 2 is 1.63 bits per heavy atom. The molecule has 2 aromatic rings. The van der Waals surface area contributed by atoms with E-state index in [1.54, 1.807) is 6.08 Å². The van der Waals surface area contributed by atoms with Crippen LogP contribution in [0, 0.1) is 11.8 Å². The molecule has 0 bridgehead atoms. The van der Waals surface area contributed by atoms with Crippen molar-refractivity contribution in [1.29, 1.82) is 0 Å². The molecular formula is C33H44N2O6. The quantitative estimate of drug-likeness (QED) is 0.118. The molecule has 0 aliphatic rings. The van der Waals surface area contributed by atoms with Crippen molar-refractivity contribution in [2.45, 2.75) is 44.6 Å². The number of carbonyl (C=O) groups excluding carboxylic acids is 3. The van der Waals surface area contributed by atoms with Gasteiger partial charge in [-0.15, -0.1) is 13.2 Å². The van der Waals surface area contributed by atoms with Crippen molar-refractivity contribution in [2.24, 2.45) is 11.8 Å². The van der Waals surface area contributed by atoms with Crippen LogP contribution in [0.15, 0.2) is 86.0 Å². The van der Waals surface area contributed by atoms with Crippen LogP contribution in [0.2, 0.25) is 0 Å². The van der Waals surface area contributed by atoms with Gasteiger partial charge in [0.2, 0.25) is 11.8 Å². The van der Waals surface area contributed by atoms with Crippen molar-refractivity contribution in [3.63, 3.8) is 0 Å². The van der Waals surface area contributed by atoms with E-state index in [1.807, 2.05) is 66.7 Å². The summed E-state index contributed by atoms with van der Waals surface area (Å²) in [6.07, 6.45) is 6.62. The molecule has 8 nitrogen and oxygen atoms in total. The average molecular weight is 565 g/mol. The lowest BCUT2D eigenvalue weighted by atomic mass is 9.94. The van der Waals surface area contributed by atoms with Crippen LogP contribution in [0.25, 0.3) is 0 Å². The first-order valence-electron chi connectivity index (χ1n) is 14.2. The number of allylic oxidation sites excluding steroid dienone is 2. The summed E-state index contributed by atoms with van der Waals surface area (Å²) in [6.45, 7) is 8.14. The summed E-state index contributed by atoms with van der Waals surface area (Å²) in [5, 5.41) is 14.5. The van der Waals surface area contributed by atoms with Crippen molar-refractivity contribution in [3.05, 3.63) is 97.1 Å². The first-order valence-corrected chi connectivity index (χ1v) is 14.2. The van der Waals surface area contributed by atoms with Gasteiger partial charge in [-0.05, 0) is 43.2 Å². The fourth-order valence-corrected chi connectivity index (χ4v) is 4.40. The number of hydrogen-bond acceptors (Lipinski definition) is 6. The molecule has 0 aliphatic heterocycles. The predicted octanol–water partition coefficient (Wildman–Crippen LogP) is 4.31. The zero-order chi connectivity index (χ0) is 29.7. The number of carbonyl (C=O) groups is 3. The first kappa shape index (κ1) is 33.5. The van der Waals surface area contributed by atoms with Crippen LogP contribution >= 0.6 is 0 Å². The molecule has 0 unspecified atom stereocenters. The van der Waals surface area contributed by atoms with Crippen molar-refractivity contribution in [3.8, 4) is 0 Å². The monoisotopic (exact) mass is 564 g/mol. The molecule has 0 saturated carbocycles. The Balaban J connectivity index is 2.06. The van der Waals surface area contributed by atoms with Gasteiger partial charge in [-0.3, -0.25) is 14.4 Å². The van der Waals surface area contributed by atoms with E-state index in [-0.39, 0.29) is 63.1 Å². The Hall–Kier alpha value is -3.75. The fraction of sp³-hybridized carbons (Fsp3) is 0.424. The lowest BCUT2D eigenvalue weighted by Crippen LogP contribution is -2.39. The molecular weight excluding hydrogens is 520 g/mol. The van der Waals surface area contributed by atoms with Gasteiger partial charge >= 0.3 is 5.97 Å². The lowest BCUT2D eigenvalue weighted by molar-refractivity contribution is -0.150. The van der Waals surface area contributed by atoms with Gasteiger partial charge in [-0.25, -0.2) is 0 Å². The first-order chi connectivity index (χ1) is 20.0. The molecule has 41 heavy (non-hydrogen) atoms. The number of nitrogens with one attached hydrogen (secondary N) is 2. The standard InChI is InChI=1S/C33H44N2O6/c1-3-5-8-18-29(23-26-14-9-6-10-15-26)33(39)41-25-30(27-16-11-7-12-17-27)35-32(38)28(13-4-2)24-31(37)34-19-21-40-22-20-36/h3-4,6-7,9-12,14-17,28-30,36H,1-2,5,8,13,18-25H2,(H,34,37)(H,35,38)/t28-,29+,30-/m0/s1. The van der Waals surface area contributed by atoms with Gasteiger partial charge in [0, 0.05) is 13.0 Å². The van der Waals surface area contributed by atoms with E-state index in [0.29, 0.717) is 19.3 Å². The topological polar surface area (TPSA) is 114 Å². The summed E-state index contributed by atoms with van der Waals surface area (Å²) < 4.78 is 11.0. The average Bonchev–Trinajstić information content (AvgIpc) is 2.99.